The second-order valence-corrected chi connectivity index (χ2v) is 7.93. The van der Waals surface area contributed by atoms with Crippen LogP contribution in [0.5, 0.6) is 0 Å². The van der Waals surface area contributed by atoms with Crippen molar-refractivity contribution in [1.29, 1.82) is 0 Å². The van der Waals surface area contributed by atoms with E-state index in [0.29, 0.717) is 11.3 Å². The van der Waals surface area contributed by atoms with Gasteiger partial charge in [-0.15, -0.1) is 11.3 Å². The Kier molecular flexibility index (Phi) is 6.46. The van der Waals surface area contributed by atoms with Crippen molar-refractivity contribution in [3.05, 3.63) is 89.2 Å². The van der Waals surface area contributed by atoms with Crippen molar-refractivity contribution in [3.63, 3.8) is 0 Å². The van der Waals surface area contributed by atoms with Crippen LogP contribution in [0.1, 0.15) is 28.5 Å². The molecule has 7 nitrogen and oxygen atoms in total. The number of nitrogens with zero attached hydrogens (tertiary/aromatic N) is 4. The minimum Gasteiger partial charge on any atom is -0.456 e. The summed E-state index contributed by atoms with van der Waals surface area (Å²) in [7, 11) is 0. The second-order valence-electron chi connectivity index (χ2n) is 7.10. The Bertz CT molecular complexity index is 1300. The van der Waals surface area contributed by atoms with Gasteiger partial charge in [-0.25, -0.2) is 14.5 Å². The number of carbonyl (C=O) groups excluding carboxylic acids is 2. The first-order valence-electron chi connectivity index (χ1n) is 9.92. The van der Waals surface area contributed by atoms with E-state index in [9.17, 15) is 22.8 Å². The van der Waals surface area contributed by atoms with Crippen LogP contribution in [0, 0.1) is 0 Å². The van der Waals surface area contributed by atoms with Crippen molar-refractivity contribution < 1.29 is 27.5 Å². The summed E-state index contributed by atoms with van der Waals surface area (Å²) in [6.45, 7) is 1.07. The Morgan fingerprint density at radius 2 is 1.88 bits per heavy atom. The number of esters is 1. The van der Waals surface area contributed by atoms with Crippen molar-refractivity contribution in [2.24, 2.45) is 0 Å². The van der Waals surface area contributed by atoms with Crippen LogP contribution in [-0.4, -0.2) is 26.6 Å². The summed E-state index contributed by atoms with van der Waals surface area (Å²) >= 11 is 1.05. The minimum atomic E-state index is -4.54. The number of halogens is 3. The molecule has 0 saturated heterocycles. The van der Waals surface area contributed by atoms with Gasteiger partial charge in [-0.3, -0.25) is 9.69 Å². The number of ether oxygens (including phenoxy) is 1. The molecule has 0 aliphatic rings. The van der Waals surface area contributed by atoms with Crippen LogP contribution < -0.4 is 4.90 Å². The molecule has 2 heterocycles. The third-order valence-corrected chi connectivity index (χ3v) is 5.58. The number of anilines is 2. The van der Waals surface area contributed by atoms with E-state index in [0.717, 1.165) is 34.1 Å². The van der Waals surface area contributed by atoms with Crippen LogP contribution in [0.4, 0.5) is 24.0 Å². The first-order valence-corrected chi connectivity index (χ1v) is 10.8. The van der Waals surface area contributed by atoms with Crippen LogP contribution >= 0.6 is 11.3 Å². The van der Waals surface area contributed by atoms with E-state index in [-0.39, 0.29) is 17.4 Å². The summed E-state index contributed by atoms with van der Waals surface area (Å²) in [6, 6.07) is 12.9. The highest BCUT2D eigenvalue weighted by Crippen LogP contribution is 2.35. The molecule has 0 N–H and O–H groups in total. The number of thiazole rings is 1. The highest BCUT2D eigenvalue weighted by atomic mass is 32.1. The van der Waals surface area contributed by atoms with Gasteiger partial charge in [0, 0.05) is 24.7 Å². The minimum absolute atomic E-state index is 0.0393. The van der Waals surface area contributed by atoms with Crippen LogP contribution in [0.2, 0.25) is 0 Å². The highest BCUT2D eigenvalue weighted by molar-refractivity contribution is 7.14. The topological polar surface area (TPSA) is 77.3 Å². The maximum absolute atomic E-state index is 13.1. The lowest BCUT2D eigenvalue weighted by Gasteiger charge is -2.19. The third kappa shape index (κ3) is 5.15. The Balaban J connectivity index is 1.45. The Labute approximate surface area is 196 Å². The predicted octanol–water partition coefficient (Wildman–Crippen LogP) is 5.39. The van der Waals surface area contributed by atoms with Crippen molar-refractivity contribution in [1.82, 2.24) is 14.8 Å². The summed E-state index contributed by atoms with van der Waals surface area (Å²) in [5, 5.41) is 5.86. The zero-order chi connectivity index (χ0) is 24.3. The summed E-state index contributed by atoms with van der Waals surface area (Å²) in [5.74, 6) is -1.07. The van der Waals surface area contributed by atoms with Gasteiger partial charge in [-0.1, -0.05) is 6.07 Å². The van der Waals surface area contributed by atoms with Crippen molar-refractivity contribution in [2.75, 3.05) is 4.90 Å². The van der Waals surface area contributed by atoms with Gasteiger partial charge >= 0.3 is 12.1 Å². The summed E-state index contributed by atoms with van der Waals surface area (Å²) in [4.78, 5) is 29.9. The third-order valence-electron chi connectivity index (χ3n) is 4.70. The van der Waals surface area contributed by atoms with Crippen molar-refractivity contribution in [3.8, 4) is 5.69 Å². The van der Waals surface area contributed by atoms with Gasteiger partial charge in [-0.2, -0.15) is 18.3 Å². The van der Waals surface area contributed by atoms with Gasteiger partial charge in [0.25, 0.3) is 0 Å². The zero-order valence-electron chi connectivity index (χ0n) is 17.7. The fraction of sp³-hybridized carbons (Fsp3) is 0.130. The highest BCUT2D eigenvalue weighted by Gasteiger charge is 2.31. The summed E-state index contributed by atoms with van der Waals surface area (Å²) in [5.41, 5.74) is 0.642. The lowest BCUT2D eigenvalue weighted by molar-refractivity contribution is -0.137. The molecule has 2 aromatic heterocycles. The molecule has 11 heteroatoms. The normalized spacial score (nSPS) is 11.3. The molecule has 0 radical (unpaired) electrons. The first kappa shape index (κ1) is 23.2. The Morgan fingerprint density at radius 1 is 1.12 bits per heavy atom. The number of benzene rings is 2. The van der Waals surface area contributed by atoms with Gasteiger partial charge in [-0.05, 0) is 48.5 Å². The molecule has 34 heavy (non-hydrogen) atoms. The molecule has 1 amide bonds. The SMILES string of the molecule is CC(=O)N(c1cccc(C(F)(F)F)c1)c1nc(COC(=O)c2ccc(-n3cccn3)cc2)cs1. The Hall–Kier alpha value is -3.99. The monoisotopic (exact) mass is 486 g/mol. The zero-order valence-corrected chi connectivity index (χ0v) is 18.5. The maximum atomic E-state index is 13.1. The molecule has 174 valence electrons. The van der Waals surface area contributed by atoms with E-state index in [1.807, 2.05) is 0 Å². The largest absolute Gasteiger partial charge is 0.456 e. The lowest BCUT2D eigenvalue weighted by Crippen LogP contribution is -2.23. The average Bonchev–Trinajstić information content (AvgIpc) is 3.50. The molecule has 4 rings (SSSR count). The van der Waals surface area contributed by atoms with Crippen molar-refractivity contribution in [2.45, 2.75) is 19.7 Å². The summed E-state index contributed by atoms with van der Waals surface area (Å²) in [6.07, 6.45) is -1.13. The molecule has 2 aromatic carbocycles. The number of aromatic nitrogens is 3. The summed E-state index contributed by atoms with van der Waals surface area (Å²) < 4.78 is 46.2. The maximum Gasteiger partial charge on any atom is 0.416 e. The number of rotatable bonds is 6. The van der Waals surface area contributed by atoms with E-state index in [2.05, 4.69) is 10.1 Å². The molecule has 0 atom stereocenters. The van der Waals surface area contributed by atoms with Crippen LogP contribution in [-0.2, 0) is 22.3 Å². The molecule has 0 aliphatic heterocycles. The first-order chi connectivity index (χ1) is 16.2. The molecule has 0 aliphatic carbocycles. The predicted molar refractivity (Wildman–Crippen MR) is 119 cm³/mol. The van der Waals surface area contributed by atoms with E-state index in [1.165, 1.54) is 19.1 Å². The number of alkyl halides is 3. The molecule has 0 fully saturated rings. The Morgan fingerprint density at radius 3 is 2.53 bits per heavy atom. The lowest BCUT2D eigenvalue weighted by atomic mass is 10.2. The molecular formula is C23H17F3N4O3S. The smallest absolute Gasteiger partial charge is 0.416 e. The van der Waals surface area contributed by atoms with Crippen LogP contribution in [0.15, 0.2) is 72.4 Å². The molecule has 0 saturated carbocycles. The average molecular weight is 486 g/mol. The van der Waals surface area contributed by atoms with E-state index in [4.69, 9.17) is 4.74 Å². The number of amides is 1. The van der Waals surface area contributed by atoms with Gasteiger partial charge in [0.2, 0.25) is 5.91 Å². The van der Waals surface area contributed by atoms with Gasteiger partial charge < -0.3 is 4.74 Å². The van der Waals surface area contributed by atoms with Gasteiger partial charge in [0.15, 0.2) is 5.13 Å². The quantitative estimate of drug-likeness (QED) is 0.342. The fourth-order valence-electron chi connectivity index (χ4n) is 3.11. The van der Waals surface area contributed by atoms with Crippen molar-refractivity contribution >= 4 is 34.0 Å². The molecule has 4 aromatic rings. The number of hydrogen-bond donors (Lipinski definition) is 0. The molecule has 0 spiro atoms. The van der Waals surface area contributed by atoms with Gasteiger partial charge in [0.05, 0.1) is 28.2 Å². The van der Waals surface area contributed by atoms with E-state index < -0.39 is 23.6 Å². The van der Waals surface area contributed by atoms with E-state index >= 15 is 0 Å². The molecular weight excluding hydrogens is 469 g/mol. The standard InChI is InChI=1S/C23H17F3N4O3S/c1-15(31)30(20-5-2-4-17(12-20)23(24,25)26)22-28-18(14-34-22)13-33-21(32)16-6-8-19(9-7-16)29-11-3-10-27-29/h2-12,14H,13H2,1H3. The van der Waals surface area contributed by atoms with Crippen LogP contribution in [0.3, 0.4) is 0 Å². The number of carbonyl (C=O) groups is 2. The molecule has 0 bridgehead atoms. The van der Waals surface area contributed by atoms with Gasteiger partial charge in [0.1, 0.15) is 6.61 Å². The second kappa shape index (κ2) is 9.48. The molecule has 0 unspecified atom stereocenters. The fourth-order valence-corrected chi connectivity index (χ4v) is 3.98. The van der Waals surface area contributed by atoms with E-state index in [1.54, 1.807) is 52.8 Å². The van der Waals surface area contributed by atoms with Crippen LogP contribution in [0.25, 0.3) is 5.69 Å². The number of hydrogen-bond acceptors (Lipinski definition) is 6.